The van der Waals surface area contributed by atoms with Gasteiger partial charge in [-0.15, -0.1) is 0 Å². The zero-order valence-corrected chi connectivity index (χ0v) is 13.6. The van der Waals surface area contributed by atoms with Gasteiger partial charge in [0.15, 0.2) is 0 Å². The summed E-state index contributed by atoms with van der Waals surface area (Å²) >= 11 is 9.36. The van der Waals surface area contributed by atoms with Crippen molar-refractivity contribution in [1.82, 2.24) is 4.98 Å². The Hall–Kier alpha value is -0.280. The maximum atomic E-state index is 5.98. The summed E-state index contributed by atoms with van der Waals surface area (Å²) < 4.78 is 6.85. The highest BCUT2D eigenvalue weighted by Gasteiger charge is 2.47. The second-order valence-corrected chi connectivity index (χ2v) is 7.78. The fourth-order valence-electron chi connectivity index (χ4n) is 2.96. The van der Waals surface area contributed by atoms with Crippen LogP contribution >= 0.6 is 27.5 Å². The van der Waals surface area contributed by atoms with Crippen LogP contribution in [-0.4, -0.2) is 11.6 Å². The zero-order valence-electron chi connectivity index (χ0n) is 11.2. The van der Waals surface area contributed by atoms with Crippen LogP contribution in [0.3, 0.4) is 0 Å². The number of pyridine rings is 1. The quantitative estimate of drug-likeness (QED) is 0.700. The van der Waals surface area contributed by atoms with Crippen molar-refractivity contribution in [3.05, 3.63) is 21.9 Å². The van der Waals surface area contributed by atoms with Gasteiger partial charge in [-0.3, -0.25) is 0 Å². The topological polar surface area (TPSA) is 22.1 Å². The monoisotopic (exact) mass is 343 g/mol. The Morgan fingerprint density at radius 2 is 1.89 bits per heavy atom. The van der Waals surface area contributed by atoms with Gasteiger partial charge in [0.1, 0.15) is 10.9 Å². The first-order valence-corrected chi connectivity index (χ1v) is 8.11. The number of aromatic nitrogens is 1. The van der Waals surface area contributed by atoms with E-state index in [0.717, 1.165) is 22.2 Å². The Labute approximate surface area is 128 Å². The molecule has 19 heavy (non-hydrogen) atoms. The molecule has 0 bridgehead atoms. The molecule has 0 aromatic carbocycles. The summed E-state index contributed by atoms with van der Waals surface area (Å²) in [5.74, 6) is 0.799. The molecule has 1 heterocycles. The zero-order chi connectivity index (χ0) is 13.5. The third-order valence-electron chi connectivity index (χ3n) is 4.84. The van der Waals surface area contributed by atoms with Crippen molar-refractivity contribution in [3.8, 4) is 5.75 Å². The first-order chi connectivity index (χ1) is 9.00. The van der Waals surface area contributed by atoms with Gasteiger partial charge in [-0.05, 0) is 59.9 Å². The SMILES string of the molecule is CC1(COc2cc(Cl)ncc2Br)CCC2(CC1)CC2. The average molecular weight is 345 g/mol. The molecule has 0 atom stereocenters. The molecule has 0 unspecified atom stereocenters. The minimum absolute atomic E-state index is 0.309. The Balaban J connectivity index is 1.60. The van der Waals surface area contributed by atoms with Crippen molar-refractivity contribution < 1.29 is 4.74 Å². The number of hydrogen-bond acceptors (Lipinski definition) is 2. The molecule has 0 saturated heterocycles. The van der Waals surface area contributed by atoms with Crippen LogP contribution in [0.1, 0.15) is 45.4 Å². The Kier molecular flexibility index (Phi) is 3.55. The lowest BCUT2D eigenvalue weighted by Gasteiger charge is -2.37. The van der Waals surface area contributed by atoms with Crippen LogP contribution in [0.25, 0.3) is 0 Å². The minimum atomic E-state index is 0.309. The lowest BCUT2D eigenvalue weighted by Crippen LogP contribution is -2.31. The first-order valence-electron chi connectivity index (χ1n) is 6.94. The molecule has 3 rings (SSSR count). The number of nitrogens with zero attached hydrogens (tertiary/aromatic N) is 1. The number of hydrogen-bond donors (Lipinski definition) is 0. The van der Waals surface area contributed by atoms with E-state index in [4.69, 9.17) is 16.3 Å². The molecule has 2 aliphatic carbocycles. The molecule has 2 nitrogen and oxygen atoms in total. The van der Waals surface area contributed by atoms with E-state index in [1.807, 2.05) is 0 Å². The van der Waals surface area contributed by atoms with E-state index in [-0.39, 0.29) is 0 Å². The van der Waals surface area contributed by atoms with Crippen molar-refractivity contribution in [2.45, 2.75) is 45.4 Å². The van der Waals surface area contributed by atoms with Gasteiger partial charge < -0.3 is 4.74 Å². The van der Waals surface area contributed by atoms with E-state index in [9.17, 15) is 0 Å². The summed E-state index contributed by atoms with van der Waals surface area (Å²) in [6.45, 7) is 3.11. The molecule has 1 aromatic rings. The fraction of sp³-hybridized carbons (Fsp3) is 0.667. The number of ether oxygens (including phenoxy) is 1. The predicted octanol–water partition coefficient (Wildman–Crippen LogP) is 5.24. The largest absolute Gasteiger partial charge is 0.492 e. The molecule has 4 heteroatoms. The molecule has 0 aliphatic heterocycles. The summed E-state index contributed by atoms with van der Waals surface area (Å²) in [5, 5.41) is 0.476. The van der Waals surface area contributed by atoms with Gasteiger partial charge in [-0.1, -0.05) is 18.5 Å². The van der Waals surface area contributed by atoms with Crippen molar-refractivity contribution in [2.24, 2.45) is 10.8 Å². The Morgan fingerprint density at radius 1 is 1.26 bits per heavy atom. The maximum absolute atomic E-state index is 5.98. The van der Waals surface area contributed by atoms with E-state index in [2.05, 4.69) is 27.8 Å². The third kappa shape index (κ3) is 3.08. The molecule has 0 N–H and O–H groups in total. The van der Waals surface area contributed by atoms with Crippen molar-refractivity contribution in [1.29, 1.82) is 0 Å². The van der Waals surface area contributed by atoms with Gasteiger partial charge in [0.25, 0.3) is 0 Å². The number of rotatable bonds is 3. The van der Waals surface area contributed by atoms with Crippen molar-refractivity contribution in [3.63, 3.8) is 0 Å². The molecule has 2 fully saturated rings. The summed E-state index contributed by atoms with van der Waals surface area (Å²) in [6, 6.07) is 1.78. The van der Waals surface area contributed by atoms with Gasteiger partial charge in [-0.25, -0.2) is 4.98 Å². The van der Waals surface area contributed by atoms with Gasteiger partial charge in [0.05, 0.1) is 11.1 Å². The van der Waals surface area contributed by atoms with Gasteiger partial charge in [0.2, 0.25) is 0 Å². The fourth-order valence-corrected chi connectivity index (χ4v) is 3.44. The summed E-state index contributed by atoms with van der Waals surface area (Å²) in [4.78, 5) is 4.02. The van der Waals surface area contributed by atoms with E-state index in [1.165, 1.54) is 38.5 Å². The molecular weight excluding hydrogens is 326 g/mol. The van der Waals surface area contributed by atoms with Gasteiger partial charge >= 0.3 is 0 Å². The Morgan fingerprint density at radius 3 is 2.53 bits per heavy atom. The highest BCUT2D eigenvalue weighted by atomic mass is 79.9. The summed E-state index contributed by atoms with van der Waals surface area (Å²) in [5.41, 5.74) is 1.04. The van der Waals surface area contributed by atoms with Crippen LogP contribution in [0.15, 0.2) is 16.7 Å². The molecule has 0 radical (unpaired) electrons. The van der Waals surface area contributed by atoms with Crippen LogP contribution in [-0.2, 0) is 0 Å². The lowest BCUT2D eigenvalue weighted by atomic mass is 9.71. The molecule has 2 aliphatic rings. The van der Waals surface area contributed by atoms with E-state index in [0.29, 0.717) is 10.6 Å². The maximum Gasteiger partial charge on any atom is 0.138 e. The molecular formula is C15H19BrClNO. The lowest BCUT2D eigenvalue weighted by molar-refractivity contribution is 0.0873. The second-order valence-electron chi connectivity index (χ2n) is 6.54. The van der Waals surface area contributed by atoms with Crippen LogP contribution in [0.2, 0.25) is 5.15 Å². The highest BCUT2D eigenvalue weighted by Crippen LogP contribution is 2.59. The van der Waals surface area contributed by atoms with E-state index >= 15 is 0 Å². The predicted molar refractivity (Wildman–Crippen MR) is 80.7 cm³/mol. The van der Waals surface area contributed by atoms with E-state index < -0.39 is 0 Å². The summed E-state index contributed by atoms with van der Waals surface area (Å²) in [6.07, 6.45) is 9.92. The van der Waals surface area contributed by atoms with Crippen LogP contribution in [0.4, 0.5) is 0 Å². The molecule has 104 valence electrons. The highest BCUT2D eigenvalue weighted by molar-refractivity contribution is 9.10. The smallest absolute Gasteiger partial charge is 0.138 e. The van der Waals surface area contributed by atoms with Crippen LogP contribution < -0.4 is 4.74 Å². The molecule has 2 saturated carbocycles. The molecule has 1 spiro atoms. The molecule has 1 aromatic heterocycles. The number of halogens is 2. The first kappa shape index (κ1) is 13.7. The Bertz CT molecular complexity index is 477. The normalized spacial score (nSPS) is 23.3. The standard InChI is InChI=1S/C15H19BrClNO/c1-14(2-4-15(5-3-14)6-7-15)10-19-12-8-13(17)18-9-11(12)16/h8-9H,2-7,10H2,1H3. The van der Waals surface area contributed by atoms with Gasteiger partial charge in [0, 0.05) is 17.7 Å². The van der Waals surface area contributed by atoms with E-state index in [1.54, 1.807) is 12.3 Å². The third-order valence-corrected chi connectivity index (χ3v) is 5.64. The molecule has 0 amide bonds. The summed E-state index contributed by atoms with van der Waals surface area (Å²) in [7, 11) is 0. The van der Waals surface area contributed by atoms with Crippen molar-refractivity contribution >= 4 is 27.5 Å². The van der Waals surface area contributed by atoms with Crippen LogP contribution in [0, 0.1) is 10.8 Å². The minimum Gasteiger partial charge on any atom is -0.492 e. The second kappa shape index (κ2) is 4.92. The average Bonchev–Trinajstić information content (AvgIpc) is 3.16. The van der Waals surface area contributed by atoms with Gasteiger partial charge in [-0.2, -0.15) is 0 Å². The van der Waals surface area contributed by atoms with Crippen molar-refractivity contribution in [2.75, 3.05) is 6.61 Å². The van der Waals surface area contributed by atoms with Crippen LogP contribution in [0.5, 0.6) is 5.75 Å².